The number of amides is 2. The van der Waals surface area contributed by atoms with E-state index in [1.807, 2.05) is 90.1 Å². The normalized spacial score (nSPS) is 12.4. The lowest BCUT2D eigenvalue weighted by atomic mass is 9.92. The van der Waals surface area contributed by atoms with Crippen molar-refractivity contribution in [2.24, 2.45) is 0 Å². The lowest BCUT2D eigenvalue weighted by Gasteiger charge is -2.36. The third-order valence-corrected chi connectivity index (χ3v) is 6.15. The van der Waals surface area contributed by atoms with Gasteiger partial charge >= 0.3 is 12.2 Å². The summed E-state index contributed by atoms with van der Waals surface area (Å²) in [4.78, 5) is 25.7. The van der Waals surface area contributed by atoms with E-state index >= 15 is 0 Å². The second-order valence-corrected chi connectivity index (χ2v) is 11.9. The molecular formula is C32H44N2O5. The van der Waals surface area contributed by atoms with E-state index < -0.39 is 34.8 Å². The fourth-order valence-corrected chi connectivity index (χ4v) is 4.13. The molecule has 2 aromatic rings. The number of ether oxygens (including phenoxy) is 3. The lowest BCUT2D eigenvalue weighted by Crippen LogP contribution is -2.50. The molecule has 0 bridgehead atoms. The molecule has 2 N–H and O–H groups in total. The van der Waals surface area contributed by atoms with Crippen LogP contribution in [-0.4, -0.2) is 23.8 Å². The summed E-state index contributed by atoms with van der Waals surface area (Å²) < 4.78 is 17.1. The molecule has 0 aliphatic carbocycles. The second-order valence-electron chi connectivity index (χ2n) is 11.9. The van der Waals surface area contributed by atoms with Gasteiger partial charge in [0.05, 0.1) is 11.1 Å². The van der Waals surface area contributed by atoms with E-state index in [0.717, 1.165) is 33.4 Å². The van der Waals surface area contributed by atoms with E-state index in [9.17, 15) is 9.59 Å². The summed E-state index contributed by atoms with van der Waals surface area (Å²) in [5.74, 6) is -2.82. The molecule has 0 aliphatic heterocycles. The van der Waals surface area contributed by atoms with Crippen LogP contribution in [0, 0.1) is 0 Å². The topological polar surface area (TPSA) is 85.9 Å². The van der Waals surface area contributed by atoms with Crippen molar-refractivity contribution in [3.63, 3.8) is 0 Å². The SMILES string of the molecule is C=C(C)c1cccc(C(C)(C)NC(=O)OC(C)(C)OC(C)(C)OC(=O)NC(C)(C)c2cccc(C(=C)C)c2)c1. The molecule has 0 radical (unpaired) electrons. The van der Waals surface area contributed by atoms with Crippen molar-refractivity contribution in [1.29, 1.82) is 0 Å². The lowest BCUT2D eigenvalue weighted by molar-refractivity contribution is -0.299. The molecular weight excluding hydrogens is 492 g/mol. The first-order valence-corrected chi connectivity index (χ1v) is 13.0. The van der Waals surface area contributed by atoms with E-state index in [1.165, 1.54) is 0 Å². The Hall–Kier alpha value is -3.58. The van der Waals surface area contributed by atoms with E-state index in [1.54, 1.807) is 27.7 Å². The van der Waals surface area contributed by atoms with Gasteiger partial charge in [-0.3, -0.25) is 4.74 Å². The minimum Gasteiger partial charge on any atom is -0.417 e. The number of alkyl carbamates (subject to hydrolysis) is 2. The summed E-state index contributed by atoms with van der Waals surface area (Å²) in [6.45, 7) is 25.7. The fourth-order valence-electron chi connectivity index (χ4n) is 4.13. The number of hydrogen-bond donors (Lipinski definition) is 2. The standard InChI is InChI=1S/C32H44N2O5/c1-21(2)23-15-13-17-25(19-23)29(5,6)33-27(35)37-31(9,10)39-32(11,12)38-28(36)34-30(7,8)26-18-14-16-24(20-26)22(3)4/h13-20H,1,3H2,2,4-12H3,(H,33,35)(H,34,36). The molecule has 0 heterocycles. The predicted octanol–water partition coefficient (Wildman–Crippen LogP) is 7.86. The molecule has 2 aromatic carbocycles. The maximum Gasteiger partial charge on any atom is 0.410 e. The maximum absolute atomic E-state index is 12.8. The number of carbonyl (C=O) groups is 2. The Kier molecular flexibility index (Phi) is 9.46. The Morgan fingerprint density at radius 1 is 0.641 bits per heavy atom. The van der Waals surface area contributed by atoms with E-state index in [4.69, 9.17) is 14.2 Å². The minimum atomic E-state index is -1.41. The molecule has 39 heavy (non-hydrogen) atoms. The molecule has 2 rings (SSSR count). The van der Waals surface area contributed by atoms with Crippen LogP contribution in [0.15, 0.2) is 61.7 Å². The summed E-state index contributed by atoms with van der Waals surface area (Å²) >= 11 is 0. The van der Waals surface area contributed by atoms with E-state index in [0.29, 0.717) is 0 Å². The van der Waals surface area contributed by atoms with Gasteiger partial charge in [-0.2, -0.15) is 0 Å². The number of carbonyl (C=O) groups excluding carboxylic acids is 2. The van der Waals surface area contributed by atoms with Gasteiger partial charge in [-0.05, 0) is 75.9 Å². The van der Waals surface area contributed by atoms with Crippen LogP contribution in [0.3, 0.4) is 0 Å². The average Bonchev–Trinajstić information content (AvgIpc) is 2.76. The van der Waals surface area contributed by atoms with Gasteiger partial charge in [-0.15, -0.1) is 0 Å². The summed E-state index contributed by atoms with van der Waals surface area (Å²) in [7, 11) is 0. The molecule has 0 saturated carbocycles. The van der Waals surface area contributed by atoms with Crippen LogP contribution in [0.1, 0.15) is 91.5 Å². The first kappa shape index (κ1) is 31.6. The van der Waals surface area contributed by atoms with Crippen molar-refractivity contribution in [2.75, 3.05) is 0 Å². The van der Waals surface area contributed by atoms with Crippen LogP contribution in [0.4, 0.5) is 9.59 Å². The summed E-state index contributed by atoms with van der Waals surface area (Å²) in [5.41, 5.74) is 4.19. The van der Waals surface area contributed by atoms with Crippen molar-refractivity contribution in [2.45, 2.75) is 91.9 Å². The Morgan fingerprint density at radius 2 is 0.974 bits per heavy atom. The summed E-state index contributed by atoms with van der Waals surface area (Å²) in [6.07, 6.45) is -1.35. The van der Waals surface area contributed by atoms with Crippen molar-refractivity contribution in [1.82, 2.24) is 10.6 Å². The third kappa shape index (κ3) is 9.29. The van der Waals surface area contributed by atoms with Gasteiger partial charge in [0.2, 0.25) is 11.6 Å². The van der Waals surface area contributed by atoms with Crippen LogP contribution in [0.2, 0.25) is 0 Å². The molecule has 0 aliphatic rings. The number of allylic oxidation sites excluding steroid dienone is 2. The minimum absolute atomic E-state index is 0.676. The molecule has 7 nitrogen and oxygen atoms in total. The van der Waals surface area contributed by atoms with E-state index in [2.05, 4.69) is 23.8 Å². The Labute approximate surface area is 233 Å². The quantitative estimate of drug-likeness (QED) is 0.302. The Bertz CT molecular complexity index is 1150. The van der Waals surface area contributed by atoms with Gasteiger partial charge in [0.25, 0.3) is 0 Å². The Morgan fingerprint density at radius 3 is 1.28 bits per heavy atom. The highest BCUT2D eigenvalue weighted by atomic mass is 16.8. The zero-order valence-electron chi connectivity index (χ0n) is 25.1. The van der Waals surface area contributed by atoms with Gasteiger partial charge in [0.1, 0.15) is 0 Å². The highest BCUT2D eigenvalue weighted by Gasteiger charge is 2.37. The van der Waals surface area contributed by atoms with Crippen LogP contribution in [-0.2, 0) is 25.3 Å². The highest BCUT2D eigenvalue weighted by Crippen LogP contribution is 2.28. The van der Waals surface area contributed by atoms with Gasteiger partial charge in [0.15, 0.2) is 0 Å². The monoisotopic (exact) mass is 536 g/mol. The molecule has 0 atom stereocenters. The number of benzene rings is 2. The van der Waals surface area contributed by atoms with Gasteiger partial charge in [-0.1, -0.05) is 60.7 Å². The average molecular weight is 537 g/mol. The molecule has 0 unspecified atom stereocenters. The van der Waals surface area contributed by atoms with E-state index in [-0.39, 0.29) is 0 Å². The third-order valence-electron chi connectivity index (χ3n) is 6.15. The number of hydrogen-bond acceptors (Lipinski definition) is 5. The molecule has 2 amide bonds. The Balaban J connectivity index is 2.02. The first-order chi connectivity index (χ1) is 17.7. The highest BCUT2D eigenvalue weighted by molar-refractivity contribution is 5.70. The van der Waals surface area contributed by atoms with Gasteiger partial charge in [0, 0.05) is 27.7 Å². The van der Waals surface area contributed by atoms with Crippen molar-refractivity contribution in [3.05, 3.63) is 83.9 Å². The first-order valence-electron chi connectivity index (χ1n) is 13.0. The molecule has 0 spiro atoms. The maximum atomic E-state index is 12.8. The second kappa shape index (κ2) is 11.7. The predicted molar refractivity (Wildman–Crippen MR) is 157 cm³/mol. The van der Waals surface area contributed by atoms with Crippen molar-refractivity contribution >= 4 is 23.3 Å². The molecule has 0 saturated heterocycles. The van der Waals surface area contributed by atoms with Gasteiger partial charge < -0.3 is 20.1 Å². The molecule has 212 valence electrons. The fraction of sp³-hybridized carbons (Fsp3) is 0.438. The number of rotatable bonds is 10. The molecule has 0 aromatic heterocycles. The van der Waals surface area contributed by atoms with Crippen LogP contribution in [0.5, 0.6) is 0 Å². The number of nitrogens with one attached hydrogen (secondary N) is 2. The summed E-state index contributed by atoms with van der Waals surface area (Å²) in [5, 5.41) is 5.77. The van der Waals surface area contributed by atoms with Gasteiger partial charge in [-0.25, -0.2) is 9.59 Å². The van der Waals surface area contributed by atoms with Crippen molar-refractivity contribution < 1.29 is 23.8 Å². The molecule has 0 fully saturated rings. The molecule has 7 heteroatoms. The van der Waals surface area contributed by atoms with Crippen LogP contribution in [0.25, 0.3) is 11.1 Å². The zero-order chi connectivity index (χ0) is 29.8. The summed E-state index contributed by atoms with van der Waals surface area (Å²) in [6, 6.07) is 15.6. The zero-order valence-corrected chi connectivity index (χ0v) is 25.1. The van der Waals surface area contributed by atoms with Crippen LogP contribution < -0.4 is 10.6 Å². The van der Waals surface area contributed by atoms with Crippen molar-refractivity contribution in [3.8, 4) is 0 Å². The van der Waals surface area contributed by atoms with Crippen LogP contribution >= 0.6 is 0 Å². The smallest absolute Gasteiger partial charge is 0.410 e. The largest absolute Gasteiger partial charge is 0.417 e.